The summed E-state index contributed by atoms with van der Waals surface area (Å²) in [6.07, 6.45) is 1.28. The van der Waals surface area contributed by atoms with E-state index in [4.69, 9.17) is 10.4 Å². The highest BCUT2D eigenvalue weighted by atomic mass is 32.2. The van der Waals surface area contributed by atoms with Gasteiger partial charge in [0.15, 0.2) is 5.82 Å². The molecular weight excluding hydrogens is 246 g/mol. The molecule has 17 heavy (non-hydrogen) atoms. The van der Waals surface area contributed by atoms with Crippen LogP contribution in [0.4, 0.5) is 5.69 Å². The fourth-order valence-corrected chi connectivity index (χ4v) is 1.80. The van der Waals surface area contributed by atoms with Crippen LogP contribution in [-0.4, -0.2) is 27.8 Å². The average Bonchev–Trinajstić information content (AvgIpc) is 2.63. The van der Waals surface area contributed by atoms with Crippen molar-refractivity contribution in [2.24, 2.45) is 0 Å². The van der Waals surface area contributed by atoms with Crippen molar-refractivity contribution in [3.63, 3.8) is 0 Å². The molecule has 0 radical (unpaired) electrons. The lowest BCUT2D eigenvalue weighted by Crippen LogP contribution is -2.13. The Bertz CT molecular complexity index is 636. The number of hydrogen-bond donors (Lipinski definition) is 3. The molecule has 0 aliphatic carbocycles. The van der Waals surface area contributed by atoms with Crippen molar-refractivity contribution in [2.45, 2.75) is 0 Å². The molecule has 0 aliphatic heterocycles. The van der Waals surface area contributed by atoms with Crippen molar-refractivity contribution >= 4 is 16.0 Å². The van der Waals surface area contributed by atoms with Gasteiger partial charge in [0.25, 0.3) is 0 Å². The van der Waals surface area contributed by atoms with E-state index in [1.165, 1.54) is 12.4 Å². The first-order chi connectivity index (χ1) is 7.97. The van der Waals surface area contributed by atoms with Crippen molar-refractivity contribution in [1.82, 2.24) is 14.9 Å². The van der Waals surface area contributed by atoms with Crippen LogP contribution in [-0.2, 0) is 10.3 Å². The molecule has 8 nitrogen and oxygen atoms in total. The summed E-state index contributed by atoms with van der Waals surface area (Å²) < 4.78 is 33.4. The van der Waals surface area contributed by atoms with Crippen LogP contribution in [0.1, 0.15) is 0 Å². The number of rotatable bonds is 3. The van der Waals surface area contributed by atoms with Crippen molar-refractivity contribution in [3.05, 3.63) is 30.6 Å². The smallest absolute Gasteiger partial charge is 0.336 e. The number of aromatic nitrogens is 3. The monoisotopic (exact) mass is 255 g/mol. The van der Waals surface area contributed by atoms with Crippen molar-refractivity contribution in [1.29, 1.82) is 0 Å². The Balaban J connectivity index is 2.52. The van der Waals surface area contributed by atoms with E-state index in [9.17, 15) is 8.42 Å². The van der Waals surface area contributed by atoms with E-state index in [1.807, 2.05) is 4.72 Å². The van der Waals surface area contributed by atoms with Crippen LogP contribution < -0.4 is 10.6 Å². The Morgan fingerprint density at radius 3 is 2.65 bits per heavy atom. The molecule has 0 spiro atoms. The van der Waals surface area contributed by atoms with Gasteiger partial charge < -0.3 is 5.84 Å². The van der Waals surface area contributed by atoms with Gasteiger partial charge in [-0.15, -0.1) is 10.2 Å². The largest absolute Gasteiger partial charge is 0.357 e. The number of para-hydroxylation sites is 1. The molecule has 0 amide bonds. The fraction of sp³-hybridized carbons (Fsp3) is 0. The van der Waals surface area contributed by atoms with E-state index in [0.717, 1.165) is 4.68 Å². The second kappa shape index (κ2) is 4.03. The topological polar surface area (TPSA) is 123 Å². The Labute approximate surface area is 96.9 Å². The molecule has 1 aromatic heterocycles. The van der Waals surface area contributed by atoms with Gasteiger partial charge in [0.1, 0.15) is 6.33 Å². The number of nitrogens with zero attached hydrogens (tertiary/aromatic N) is 3. The van der Waals surface area contributed by atoms with Crippen molar-refractivity contribution in [3.8, 4) is 11.4 Å². The molecule has 0 atom stereocenters. The summed E-state index contributed by atoms with van der Waals surface area (Å²) in [5.74, 6) is 5.83. The quantitative estimate of drug-likeness (QED) is 0.518. The molecule has 0 fully saturated rings. The van der Waals surface area contributed by atoms with Gasteiger partial charge in [0, 0.05) is 5.56 Å². The molecule has 1 aromatic carbocycles. The SMILES string of the molecule is Nn1cnnc1-c1ccccc1NS(=O)(=O)O. The first-order valence-electron chi connectivity index (χ1n) is 4.47. The summed E-state index contributed by atoms with van der Waals surface area (Å²) in [6, 6.07) is 6.35. The highest BCUT2D eigenvalue weighted by Crippen LogP contribution is 2.25. The van der Waals surface area contributed by atoms with Gasteiger partial charge in [0.2, 0.25) is 0 Å². The summed E-state index contributed by atoms with van der Waals surface area (Å²) in [5, 5.41) is 7.33. The zero-order valence-corrected chi connectivity index (χ0v) is 9.29. The highest BCUT2D eigenvalue weighted by Gasteiger charge is 2.13. The number of nitrogens with two attached hydrogens (primary N) is 1. The van der Waals surface area contributed by atoms with Gasteiger partial charge in [0.05, 0.1) is 5.69 Å². The molecule has 0 bridgehead atoms. The Hall–Kier alpha value is -2.13. The number of benzene rings is 1. The molecular formula is C8H9N5O3S. The normalized spacial score (nSPS) is 11.4. The highest BCUT2D eigenvalue weighted by molar-refractivity contribution is 7.87. The van der Waals surface area contributed by atoms with Crippen LogP contribution in [0.3, 0.4) is 0 Å². The molecule has 2 rings (SSSR count). The van der Waals surface area contributed by atoms with Crippen LogP contribution in [0, 0.1) is 0 Å². The zero-order chi connectivity index (χ0) is 12.5. The molecule has 9 heteroatoms. The maximum absolute atomic E-state index is 10.8. The summed E-state index contributed by atoms with van der Waals surface area (Å²) in [4.78, 5) is 0. The summed E-state index contributed by atoms with van der Waals surface area (Å²) in [5.41, 5.74) is 0.569. The molecule has 2 aromatic rings. The molecule has 4 N–H and O–H groups in total. The van der Waals surface area contributed by atoms with Crippen LogP contribution >= 0.6 is 0 Å². The van der Waals surface area contributed by atoms with Crippen molar-refractivity contribution < 1.29 is 13.0 Å². The third kappa shape index (κ3) is 2.52. The van der Waals surface area contributed by atoms with E-state index in [2.05, 4.69) is 10.2 Å². The van der Waals surface area contributed by atoms with E-state index < -0.39 is 10.3 Å². The predicted octanol–water partition coefficient (Wildman–Crippen LogP) is -0.126. The lowest BCUT2D eigenvalue weighted by molar-refractivity contribution is 0.490. The first kappa shape index (κ1) is 11.4. The van der Waals surface area contributed by atoms with Crippen molar-refractivity contribution in [2.75, 3.05) is 10.6 Å². The van der Waals surface area contributed by atoms with Gasteiger partial charge in [-0.1, -0.05) is 12.1 Å². The second-order valence-electron chi connectivity index (χ2n) is 3.18. The number of nitrogens with one attached hydrogen (secondary N) is 1. The average molecular weight is 255 g/mol. The predicted molar refractivity (Wildman–Crippen MR) is 60.8 cm³/mol. The van der Waals surface area contributed by atoms with E-state index in [0.29, 0.717) is 5.56 Å². The van der Waals surface area contributed by atoms with E-state index >= 15 is 0 Å². The summed E-state index contributed by atoms with van der Waals surface area (Å²) in [7, 11) is -4.35. The number of hydrogen-bond acceptors (Lipinski definition) is 5. The Morgan fingerprint density at radius 1 is 1.35 bits per heavy atom. The van der Waals surface area contributed by atoms with E-state index in [1.54, 1.807) is 18.2 Å². The minimum Gasteiger partial charge on any atom is -0.336 e. The number of anilines is 1. The molecule has 0 saturated carbocycles. The lowest BCUT2D eigenvalue weighted by atomic mass is 10.2. The summed E-state index contributed by atoms with van der Waals surface area (Å²) >= 11 is 0. The maximum Gasteiger partial charge on any atom is 0.357 e. The molecule has 0 unspecified atom stereocenters. The van der Waals surface area contributed by atoms with Gasteiger partial charge >= 0.3 is 10.3 Å². The molecule has 1 heterocycles. The van der Waals surface area contributed by atoms with Crippen LogP contribution in [0.2, 0.25) is 0 Å². The Kier molecular flexibility index (Phi) is 2.69. The van der Waals surface area contributed by atoms with Gasteiger partial charge in [-0.25, -0.2) is 4.68 Å². The number of nitrogen functional groups attached to an aromatic ring is 1. The standard InChI is InChI=1S/C8H9N5O3S/c9-13-5-10-11-8(13)6-3-1-2-4-7(6)12-17(14,15)16/h1-5,12H,9H2,(H,14,15,16). The zero-order valence-electron chi connectivity index (χ0n) is 8.48. The van der Waals surface area contributed by atoms with E-state index in [-0.39, 0.29) is 11.5 Å². The van der Waals surface area contributed by atoms with Crippen LogP contribution in [0.15, 0.2) is 30.6 Å². The molecule has 90 valence electrons. The van der Waals surface area contributed by atoms with Gasteiger partial charge in [-0.2, -0.15) is 8.42 Å². The van der Waals surface area contributed by atoms with Crippen LogP contribution in [0.5, 0.6) is 0 Å². The fourth-order valence-electron chi connectivity index (χ4n) is 1.34. The first-order valence-corrected chi connectivity index (χ1v) is 5.91. The van der Waals surface area contributed by atoms with Gasteiger partial charge in [-0.05, 0) is 12.1 Å². The minimum absolute atomic E-state index is 0.162. The molecule has 0 saturated heterocycles. The second-order valence-corrected chi connectivity index (χ2v) is 4.34. The summed E-state index contributed by atoms with van der Waals surface area (Å²) in [6.45, 7) is 0. The third-order valence-corrected chi connectivity index (χ3v) is 2.46. The third-order valence-electron chi connectivity index (χ3n) is 1.98. The van der Waals surface area contributed by atoms with Crippen LogP contribution in [0.25, 0.3) is 11.4 Å². The minimum atomic E-state index is -4.35. The Morgan fingerprint density at radius 2 is 2.06 bits per heavy atom. The van der Waals surface area contributed by atoms with Gasteiger partial charge in [-0.3, -0.25) is 9.27 Å². The maximum atomic E-state index is 10.8. The lowest BCUT2D eigenvalue weighted by Gasteiger charge is -2.08. The molecule has 0 aliphatic rings.